The second-order valence-corrected chi connectivity index (χ2v) is 15.6. The van der Waals surface area contributed by atoms with Crippen LogP contribution in [0.15, 0.2) is 223 Å². The van der Waals surface area contributed by atoms with Crippen molar-refractivity contribution >= 4 is 54.3 Å². The van der Waals surface area contributed by atoms with Crippen molar-refractivity contribution in [2.75, 3.05) is 0 Å². The van der Waals surface area contributed by atoms with E-state index in [-0.39, 0.29) is 0 Å². The minimum Gasteiger partial charge on any atom is -0.456 e. The van der Waals surface area contributed by atoms with Crippen LogP contribution in [0, 0.1) is 0 Å². The first kappa shape index (κ1) is 34.9. The smallest absolute Gasteiger partial charge is 0.160 e. The molecule has 284 valence electrons. The Bertz CT molecular complexity index is 3530. The van der Waals surface area contributed by atoms with Gasteiger partial charge in [0.25, 0.3) is 0 Å². The van der Waals surface area contributed by atoms with Crippen molar-refractivity contribution in [2.24, 2.45) is 0 Å². The van der Waals surface area contributed by atoms with Crippen LogP contribution in [-0.2, 0) is 0 Å². The molecule has 12 aromatic rings. The standard InChI is InChI=1S/C58H36N2O/c1-3-15-38(16-4-1)52-36-53(60-58(59-52)40-17-5-2-6-18-40)48-24-12-11-23-46(48)49-33-34-55-57(50-25-13-14-26-54(50)61-55)56(49)39-29-27-37(28-30-39)41-31-32-47-44-21-8-7-19-42(44)43-20-9-10-22-45(43)51(47)35-41/h1-36H. The SMILES string of the molecule is c1ccc(-c2cc(-c3ccccc3-c3ccc4oc5ccccc5c4c3-c3ccc(-c4ccc5c6ccccc6c6ccccc6c5c4)cc3)nc(-c3ccccc3)n2)cc1. The average Bonchev–Trinajstić information content (AvgIpc) is 3.73. The van der Waals surface area contributed by atoms with E-state index in [0.717, 1.165) is 77.8 Å². The fraction of sp³-hybridized carbons (Fsp3) is 0. The number of hydrogen-bond donors (Lipinski definition) is 0. The fourth-order valence-electron chi connectivity index (χ4n) is 9.26. The third-order valence-corrected chi connectivity index (χ3v) is 12.1. The lowest BCUT2D eigenvalue weighted by Crippen LogP contribution is -1.97. The number of benzene rings is 10. The molecule has 0 spiro atoms. The van der Waals surface area contributed by atoms with Gasteiger partial charge in [0.05, 0.1) is 11.4 Å². The van der Waals surface area contributed by atoms with Crippen molar-refractivity contribution in [1.29, 1.82) is 0 Å². The fourth-order valence-corrected chi connectivity index (χ4v) is 9.26. The Hall–Kier alpha value is -8.14. The summed E-state index contributed by atoms with van der Waals surface area (Å²) in [6.07, 6.45) is 0. The van der Waals surface area contributed by atoms with E-state index >= 15 is 0 Å². The van der Waals surface area contributed by atoms with Crippen LogP contribution in [0.1, 0.15) is 0 Å². The number of aromatic nitrogens is 2. The van der Waals surface area contributed by atoms with Gasteiger partial charge in [-0.3, -0.25) is 0 Å². The van der Waals surface area contributed by atoms with Gasteiger partial charge in [0.1, 0.15) is 11.2 Å². The topological polar surface area (TPSA) is 38.9 Å². The minimum absolute atomic E-state index is 0.689. The van der Waals surface area contributed by atoms with Gasteiger partial charge in [0.15, 0.2) is 5.82 Å². The van der Waals surface area contributed by atoms with Crippen LogP contribution < -0.4 is 0 Å². The van der Waals surface area contributed by atoms with Gasteiger partial charge in [-0.05, 0) is 90.5 Å². The van der Waals surface area contributed by atoms with E-state index in [4.69, 9.17) is 14.4 Å². The Labute approximate surface area is 352 Å². The number of fused-ring (bicyclic) bond motifs is 9. The number of nitrogens with zero attached hydrogens (tertiary/aromatic N) is 2. The summed E-state index contributed by atoms with van der Waals surface area (Å²) in [7, 11) is 0. The van der Waals surface area contributed by atoms with E-state index in [1.165, 1.54) is 37.9 Å². The summed E-state index contributed by atoms with van der Waals surface area (Å²) in [5.41, 5.74) is 13.3. The molecule has 0 fully saturated rings. The molecule has 0 bridgehead atoms. The molecule has 0 aliphatic rings. The van der Waals surface area contributed by atoms with Crippen molar-refractivity contribution in [3.8, 4) is 67.3 Å². The maximum Gasteiger partial charge on any atom is 0.160 e. The van der Waals surface area contributed by atoms with Crippen molar-refractivity contribution in [3.05, 3.63) is 218 Å². The molecule has 3 nitrogen and oxygen atoms in total. The summed E-state index contributed by atoms with van der Waals surface area (Å²) < 4.78 is 6.53. The van der Waals surface area contributed by atoms with Crippen LogP contribution in [0.3, 0.4) is 0 Å². The van der Waals surface area contributed by atoms with Crippen LogP contribution >= 0.6 is 0 Å². The highest BCUT2D eigenvalue weighted by Gasteiger charge is 2.21. The average molecular weight is 777 g/mol. The van der Waals surface area contributed by atoms with E-state index in [1.807, 2.05) is 30.3 Å². The third-order valence-electron chi connectivity index (χ3n) is 12.1. The van der Waals surface area contributed by atoms with Gasteiger partial charge in [-0.25, -0.2) is 9.97 Å². The monoisotopic (exact) mass is 776 g/mol. The molecular formula is C58H36N2O. The van der Waals surface area contributed by atoms with Crippen LogP contribution in [0.25, 0.3) is 122 Å². The van der Waals surface area contributed by atoms with Crippen molar-refractivity contribution in [1.82, 2.24) is 9.97 Å². The van der Waals surface area contributed by atoms with Crippen LogP contribution in [-0.4, -0.2) is 9.97 Å². The Morgan fingerprint density at radius 2 is 0.803 bits per heavy atom. The summed E-state index contributed by atoms with van der Waals surface area (Å²) in [5.74, 6) is 0.689. The predicted molar refractivity (Wildman–Crippen MR) is 254 cm³/mol. The molecule has 0 aliphatic carbocycles. The molecule has 0 saturated carbocycles. The molecule has 10 aromatic carbocycles. The van der Waals surface area contributed by atoms with Gasteiger partial charge >= 0.3 is 0 Å². The summed E-state index contributed by atoms with van der Waals surface area (Å²) in [6.45, 7) is 0. The molecule has 0 aliphatic heterocycles. The number of furan rings is 1. The van der Waals surface area contributed by atoms with Gasteiger partial charge in [0, 0.05) is 33.0 Å². The third kappa shape index (κ3) is 5.90. The highest BCUT2D eigenvalue weighted by Crippen LogP contribution is 2.46. The lowest BCUT2D eigenvalue weighted by molar-refractivity contribution is 0.669. The number of rotatable bonds is 6. The van der Waals surface area contributed by atoms with Crippen molar-refractivity contribution < 1.29 is 4.42 Å². The minimum atomic E-state index is 0.689. The molecule has 0 saturated heterocycles. The lowest BCUT2D eigenvalue weighted by Gasteiger charge is -2.17. The maximum absolute atomic E-state index is 6.53. The van der Waals surface area contributed by atoms with Gasteiger partial charge in [-0.15, -0.1) is 0 Å². The second-order valence-electron chi connectivity index (χ2n) is 15.6. The summed E-state index contributed by atoms with van der Waals surface area (Å²) in [4.78, 5) is 10.4. The summed E-state index contributed by atoms with van der Waals surface area (Å²) in [5, 5.41) is 9.83. The molecule has 2 aromatic heterocycles. The second kappa shape index (κ2) is 14.3. The normalized spacial score (nSPS) is 11.6. The first-order valence-electron chi connectivity index (χ1n) is 20.7. The van der Waals surface area contributed by atoms with Gasteiger partial charge in [-0.1, -0.05) is 188 Å². The number of para-hydroxylation sites is 1. The van der Waals surface area contributed by atoms with Gasteiger partial charge < -0.3 is 4.42 Å². The molecule has 0 N–H and O–H groups in total. The van der Waals surface area contributed by atoms with E-state index < -0.39 is 0 Å². The number of hydrogen-bond acceptors (Lipinski definition) is 3. The summed E-state index contributed by atoms with van der Waals surface area (Å²) >= 11 is 0. The molecule has 0 atom stereocenters. The molecule has 0 amide bonds. The molecule has 3 heteroatoms. The maximum atomic E-state index is 6.53. The van der Waals surface area contributed by atoms with E-state index in [0.29, 0.717) is 5.82 Å². The predicted octanol–water partition coefficient (Wildman–Crippen LogP) is 15.8. The van der Waals surface area contributed by atoms with E-state index in [1.54, 1.807) is 0 Å². The lowest BCUT2D eigenvalue weighted by atomic mass is 9.87. The van der Waals surface area contributed by atoms with Crippen molar-refractivity contribution in [3.63, 3.8) is 0 Å². The molecule has 0 radical (unpaired) electrons. The Morgan fingerprint density at radius 3 is 1.51 bits per heavy atom. The largest absolute Gasteiger partial charge is 0.456 e. The molecular weight excluding hydrogens is 741 g/mol. The Balaban J connectivity index is 1.04. The Morgan fingerprint density at radius 1 is 0.279 bits per heavy atom. The van der Waals surface area contributed by atoms with Crippen LogP contribution in [0.5, 0.6) is 0 Å². The molecule has 2 heterocycles. The van der Waals surface area contributed by atoms with Gasteiger partial charge in [0.2, 0.25) is 0 Å². The van der Waals surface area contributed by atoms with Crippen LogP contribution in [0.4, 0.5) is 0 Å². The van der Waals surface area contributed by atoms with E-state index in [9.17, 15) is 0 Å². The zero-order valence-electron chi connectivity index (χ0n) is 33.1. The van der Waals surface area contributed by atoms with Gasteiger partial charge in [-0.2, -0.15) is 0 Å². The quantitative estimate of drug-likeness (QED) is 0.158. The van der Waals surface area contributed by atoms with Crippen molar-refractivity contribution in [2.45, 2.75) is 0 Å². The summed E-state index contributed by atoms with van der Waals surface area (Å²) in [6, 6.07) is 77.5. The van der Waals surface area contributed by atoms with E-state index in [2.05, 4.69) is 188 Å². The first-order chi connectivity index (χ1) is 30.2. The molecule has 61 heavy (non-hydrogen) atoms. The zero-order valence-corrected chi connectivity index (χ0v) is 33.1. The Kier molecular flexibility index (Phi) is 8.17. The highest BCUT2D eigenvalue weighted by molar-refractivity contribution is 6.26. The molecule has 12 rings (SSSR count). The highest BCUT2D eigenvalue weighted by atomic mass is 16.3. The van der Waals surface area contributed by atoms with Crippen LogP contribution in [0.2, 0.25) is 0 Å². The zero-order chi connectivity index (χ0) is 40.3. The molecule has 0 unspecified atom stereocenters. The first-order valence-corrected chi connectivity index (χ1v) is 20.7.